The quantitative estimate of drug-likeness (QED) is 0.221. The largest absolute Gasteiger partial charge is 0.481 e. The number of aliphatic carboxylic acids is 1. The molecular weight excluding hydrogens is 484 g/mol. The van der Waals surface area contributed by atoms with E-state index in [4.69, 9.17) is 4.74 Å². The minimum Gasteiger partial charge on any atom is -0.481 e. The van der Waals surface area contributed by atoms with Gasteiger partial charge in [0.2, 0.25) is 0 Å². The van der Waals surface area contributed by atoms with Gasteiger partial charge in [-0.3, -0.25) is 4.79 Å². The van der Waals surface area contributed by atoms with Gasteiger partial charge in [-0.2, -0.15) is 0 Å². The van der Waals surface area contributed by atoms with Gasteiger partial charge in [0.15, 0.2) is 0 Å². The van der Waals surface area contributed by atoms with E-state index in [0.29, 0.717) is 23.7 Å². The maximum Gasteiger partial charge on any atom is 0.330 e. The molecule has 4 heteroatoms. The highest BCUT2D eigenvalue weighted by molar-refractivity contribution is 5.82. The Hall–Kier alpha value is -1.58. The Bertz CT molecular complexity index is 1080. The molecule has 5 saturated carbocycles. The first kappa shape index (κ1) is 28.9. The van der Waals surface area contributed by atoms with E-state index in [9.17, 15) is 14.7 Å². The van der Waals surface area contributed by atoms with Gasteiger partial charge in [-0.25, -0.2) is 4.79 Å². The fourth-order valence-electron chi connectivity index (χ4n) is 12.1. The van der Waals surface area contributed by atoms with Gasteiger partial charge in [0.25, 0.3) is 0 Å². The second-order valence-corrected chi connectivity index (χ2v) is 16.2. The van der Waals surface area contributed by atoms with Crippen LogP contribution in [0, 0.1) is 56.7 Å². The van der Waals surface area contributed by atoms with Crippen LogP contribution in [-0.2, 0) is 14.3 Å². The SMILES string of the molecule is C=C(C)[C@@H]1CC[C@]2(C(=O)O)CC[C@]3(C)[C@H](CC[C@@H]4[C@@]5(C)CC[C@H](OC(=O)C=C(C)C)C(C)(C)[C@@H]5CC[C@]43C)[C@@H]12. The number of fused-ring (bicyclic) bond motifs is 7. The molecule has 5 aliphatic carbocycles. The Morgan fingerprint density at radius 3 is 2.13 bits per heavy atom. The van der Waals surface area contributed by atoms with Gasteiger partial charge in [-0.05, 0) is 131 Å². The Morgan fingerprint density at radius 1 is 0.821 bits per heavy atom. The molecule has 0 heterocycles. The van der Waals surface area contributed by atoms with Crippen molar-refractivity contribution in [2.75, 3.05) is 0 Å². The molecule has 0 unspecified atom stereocenters. The number of hydrogen-bond donors (Lipinski definition) is 1. The molecule has 0 radical (unpaired) electrons. The Kier molecular flexibility index (Phi) is 6.84. The van der Waals surface area contributed by atoms with Crippen LogP contribution in [0.5, 0.6) is 0 Å². The molecular formula is C35H54O4. The monoisotopic (exact) mass is 538 g/mol. The number of rotatable bonds is 4. The van der Waals surface area contributed by atoms with E-state index in [-0.39, 0.29) is 39.7 Å². The summed E-state index contributed by atoms with van der Waals surface area (Å²) in [5.74, 6) is 1.38. The highest BCUT2D eigenvalue weighted by Gasteiger charge is 2.72. The number of allylic oxidation sites excluding steroid dienone is 2. The summed E-state index contributed by atoms with van der Waals surface area (Å²) >= 11 is 0. The fourth-order valence-corrected chi connectivity index (χ4v) is 12.1. The number of carbonyl (C=O) groups excluding carboxylic acids is 1. The van der Waals surface area contributed by atoms with Gasteiger partial charge < -0.3 is 9.84 Å². The van der Waals surface area contributed by atoms with Crippen LogP contribution in [0.15, 0.2) is 23.8 Å². The first-order valence-corrected chi connectivity index (χ1v) is 15.8. The molecule has 0 aromatic rings. The summed E-state index contributed by atoms with van der Waals surface area (Å²) in [4.78, 5) is 25.5. The molecule has 5 fully saturated rings. The van der Waals surface area contributed by atoms with Crippen molar-refractivity contribution in [2.45, 2.75) is 126 Å². The van der Waals surface area contributed by atoms with Crippen molar-refractivity contribution >= 4 is 11.9 Å². The summed E-state index contributed by atoms with van der Waals surface area (Å²) in [6.07, 6.45) is 12.0. The lowest BCUT2D eigenvalue weighted by molar-refractivity contribution is -0.250. The summed E-state index contributed by atoms with van der Waals surface area (Å²) in [5.41, 5.74) is 2.07. The lowest BCUT2D eigenvalue weighted by Crippen LogP contribution is -2.67. The molecule has 0 amide bonds. The topological polar surface area (TPSA) is 63.6 Å². The third kappa shape index (κ3) is 3.88. The summed E-state index contributed by atoms with van der Waals surface area (Å²) < 4.78 is 6.11. The number of hydrogen-bond acceptors (Lipinski definition) is 3. The van der Waals surface area contributed by atoms with E-state index in [2.05, 4.69) is 48.1 Å². The van der Waals surface area contributed by atoms with E-state index in [1.807, 2.05) is 13.8 Å². The Balaban J connectivity index is 1.47. The summed E-state index contributed by atoms with van der Waals surface area (Å²) in [6, 6.07) is 0. The standard InChI is InChI=1S/C35H54O4/c1-21(2)20-28(36)39-27-14-15-32(7)25(31(27,5)6)13-16-34(9)26(32)11-10-24-29-23(22(3)4)12-17-35(29,30(37)38)19-18-33(24,34)8/h20,23-27,29H,3,10-19H2,1-2,4-9H3,(H,37,38)/t23-,24+,25-,26+,27-,29+,32-,33+,34+,35-/m0/s1. The van der Waals surface area contributed by atoms with Crippen LogP contribution in [0.25, 0.3) is 0 Å². The summed E-state index contributed by atoms with van der Waals surface area (Å²) in [6.45, 7) is 22.8. The van der Waals surface area contributed by atoms with Crippen LogP contribution in [0.3, 0.4) is 0 Å². The highest BCUT2D eigenvalue weighted by Crippen LogP contribution is 2.77. The lowest BCUT2D eigenvalue weighted by Gasteiger charge is -2.72. The molecule has 218 valence electrons. The van der Waals surface area contributed by atoms with Crippen molar-refractivity contribution in [1.82, 2.24) is 0 Å². The van der Waals surface area contributed by atoms with Crippen molar-refractivity contribution in [3.05, 3.63) is 23.8 Å². The third-order valence-electron chi connectivity index (χ3n) is 14.1. The van der Waals surface area contributed by atoms with Crippen molar-refractivity contribution in [1.29, 1.82) is 0 Å². The van der Waals surface area contributed by atoms with E-state index in [1.54, 1.807) is 6.08 Å². The van der Waals surface area contributed by atoms with Gasteiger partial charge in [0.1, 0.15) is 6.10 Å². The molecule has 0 bridgehead atoms. The molecule has 0 saturated heterocycles. The maximum atomic E-state index is 12.9. The van der Waals surface area contributed by atoms with E-state index >= 15 is 0 Å². The molecule has 5 aliphatic rings. The molecule has 10 atom stereocenters. The van der Waals surface area contributed by atoms with Gasteiger partial charge >= 0.3 is 11.9 Å². The minimum atomic E-state index is -0.562. The zero-order chi connectivity index (χ0) is 28.8. The average Bonchev–Trinajstić information content (AvgIpc) is 3.22. The molecule has 0 aromatic carbocycles. The second kappa shape index (κ2) is 9.21. The van der Waals surface area contributed by atoms with Gasteiger partial charge in [0, 0.05) is 11.5 Å². The Morgan fingerprint density at radius 2 is 1.51 bits per heavy atom. The molecule has 0 spiro atoms. The molecule has 4 nitrogen and oxygen atoms in total. The number of esters is 1. The fraction of sp³-hybridized carbons (Fsp3) is 0.829. The molecule has 39 heavy (non-hydrogen) atoms. The zero-order valence-electron chi connectivity index (χ0n) is 26.0. The molecule has 0 aromatic heterocycles. The number of carbonyl (C=O) groups is 2. The van der Waals surface area contributed by atoms with Crippen LogP contribution in [0.4, 0.5) is 0 Å². The Labute approximate surface area is 237 Å². The van der Waals surface area contributed by atoms with E-state index in [1.165, 1.54) is 18.4 Å². The number of carboxylic acids is 1. The highest BCUT2D eigenvalue weighted by atomic mass is 16.5. The van der Waals surface area contributed by atoms with Crippen LogP contribution in [0.1, 0.15) is 120 Å². The van der Waals surface area contributed by atoms with Crippen molar-refractivity contribution in [3.8, 4) is 0 Å². The molecule has 0 aliphatic heterocycles. The van der Waals surface area contributed by atoms with Crippen molar-refractivity contribution in [2.24, 2.45) is 56.7 Å². The van der Waals surface area contributed by atoms with Crippen LogP contribution in [-0.4, -0.2) is 23.1 Å². The molecule has 1 N–H and O–H groups in total. The number of ether oxygens (including phenoxy) is 1. The van der Waals surface area contributed by atoms with E-state index < -0.39 is 11.4 Å². The predicted octanol–water partition coefficient (Wildman–Crippen LogP) is 8.61. The normalized spacial score (nSPS) is 48.0. The summed E-state index contributed by atoms with van der Waals surface area (Å²) in [7, 11) is 0. The average molecular weight is 539 g/mol. The van der Waals surface area contributed by atoms with Crippen LogP contribution >= 0.6 is 0 Å². The maximum absolute atomic E-state index is 12.9. The van der Waals surface area contributed by atoms with Crippen LogP contribution in [0.2, 0.25) is 0 Å². The van der Waals surface area contributed by atoms with Gasteiger partial charge in [0.05, 0.1) is 5.41 Å². The van der Waals surface area contributed by atoms with E-state index in [0.717, 1.165) is 56.9 Å². The second-order valence-electron chi connectivity index (χ2n) is 16.2. The number of carboxylic acid groups (broad SMARTS) is 1. The summed E-state index contributed by atoms with van der Waals surface area (Å²) in [5, 5.41) is 10.6. The predicted molar refractivity (Wildman–Crippen MR) is 156 cm³/mol. The molecule has 5 rings (SSSR count). The van der Waals surface area contributed by atoms with Crippen molar-refractivity contribution in [3.63, 3.8) is 0 Å². The smallest absolute Gasteiger partial charge is 0.330 e. The lowest BCUT2D eigenvalue weighted by atomic mass is 9.32. The van der Waals surface area contributed by atoms with Crippen molar-refractivity contribution < 1.29 is 19.4 Å². The zero-order valence-corrected chi connectivity index (χ0v) is 26.0. The minimum absolute atomic E-state index is 0.0457. The first-order chi connectivity index (χ1) is 18.0. The van der Waals surface area contributed by atoms with Gasteiger partial charge in [-0.1, -0.05) is 52.3 Å². The van der Waals surface area contributed by atoms with Gasteiger partial charge in [-0.15, -0.1) is 0 Å². The third-order valence-corrected chi connectivity index (χ3v) is 14.1. The van der Waals surface area contributed by atoms with Crippen LogP contribution < -0.4 is 0 Å². The first-order valence-electron chi connectivity index (χ1n) is 15.8.